The molecule has 1 saturated carbocycles. The predicted octanol–water partition coefficient (Wildman–Crippen LogP) is 0.380. The summed E-state index contributed by atoms with van der Waals surface area (Å²) in [5.41, 5.74) is -0.395. The fourth-order valence-electron chi connectivity index (χ4n) is 1.19. The smallest absolute Gasteiger partial charge is 0.303 e. The van der Waals surface area contributed by atoms with Crippen LogP contribution in [0, 0.1) is 0 Å². The standard InChI is InChI=1S/C6H12FNO2S/c1-8(2)6(3-4-6)5-11(7,9)10/h3-5H2,1-2H3. The SMILES string of the molecule is CN(C)C1(CS(=O)(=O)F)CC1. The van der Waals surface area contributed by atoms with Crippen LogP contribution >= 0.6 is 0 Å². The Morgan fingerprint density at radius 2 is 1.91 bits per heavy atom. The molecule has 66 valence electrons. The van der Waals surface area contributed by atoms with Gasteiger partial charge in [-0.1, -0.05) is 0 Å². The molecule has 0 saturated heterocycles. The molecule has 0 aromatic rings. The van der Waals surface area contributed by atoms with Crippen molar-refractivity contribution in [3.05, 3.63) is 0 Å². The van der Waals surface area contributed by atoms with Crippen LogP contribution in [0.2, 0.25) is 0 Å². The minimum Gasteiger partial charge on any atom is -0.303 e. The number of halogens is 1. The molecule has 5 heteroatoms. The summed E-state index contributed by atoms with van der Waals surface area (Å²) in [6, 6.07) is 0. The third-order valence-corrected chi connectivity index (χ3v) is 3.10. The lowest BCUT2D eigenvalue weighted by Gasteiger charge is -2.20. The zero-order valence-corrected chi connectivity index (χ0v) is 7.49. The highest BCUT2D eigenvalue weighted by Gasteiger charge is 2.48. The van der Waals surface area contributed by atoms with E-state index in [1.807, 2.05) is 0 Å². The Labute approximate surface area is 66.4 Å². The van der Waals surface area contributed by atoms with Crippen LogP contribution in [0.4, 0.5) is 3.89 Å². The summed E-state index contributed by atoms with van der Waals surface area (Å²) < 4.78 is 32.8. The summed E-state index contributed by atoms with van der Waals surface area (Å²) in [7, 11) is -0.754. The fraction of sp³-hybridized carbons (Fsp3) is 1.00. The first-order valence-corrected chi connectivity index (χ1v) is 5.01. The van der Waals surface area contributed by atoms with Crippen molar-refractivity contribution in [2.24, 2.45) is 0 Å². The average Bonchev–Trinajstić information content (AvgIpc) is 2.43. The minimum atomic E-state index is -4.31. The van der Waals surface area contributed by atoms with Crippen molar-refractivity contribution in [2.45, 2.75) is 18.4 Å². The lowest BCUT2D eigenvalue weighted by atomic mass is 10.3. The van der Waals surface area contributed by atoms with E-state index in [-0.39, 0.29) is 5.75 Å². The van der Waals surface area contributed by atoms with Gasteiger partial charge in [-0.05, 0) is 26.9 Å². The molecule has 0 spiro atoms. The van der Waals surface area contributed by atoms with E-state index in [2.05, 4.69) is 0 Å². The second-order valence-corrected chi connectivity index (χ2v) is 4.67. The van der Waals surface area contributed by atoms with Gasteiger partial charge in [-0.15, -0.1) is 3.89 Å². The normalized spacial score (nSPS) is 22.2. The number of hydrogen-bond donors (Lipinski definition) is 0. The first-order chi connectivity index (χ1) is 4.86. The summed E-state index contributed by atoms with van der Waals surface area (Å²) in [4.78, 5) is 1.78. The minimum absolute atomic E-state index is 0.354. The molecule has 0 aliphatic heterocycles. The lowest BCUT2D eigenvalue weighted by Crippen LogP contribution is -2.35. The monoisotopic (exact) mass is 181 g/mol. The zero-order valence-electron chi connectivity index (χ0n) is 6.67. The molecule has 0 radical (unpaired) electrons. The van der Waals surface area contributed by atoms with Crippen LogP contribution < -0.4 is 0 Å². The first kappa shape index (κ1) is 8.93. The largest absolute Gasteiger partial charge is 0.304 e. The van der Waals surface area contributed by atoms with Crippen LogP contribution in [0.1, 0.15) is 12.8 Å². The molecule has 0 atom stereocenters. The molecule has 11 heavy (non-hydrogen) atoms. The molecule has 0 bridgehead atoms. The van der Waals surface area contributed by atoms with Crippen molar-refractivity contribution in [1.29, 1.82) is 0 Å². The van der Waals surface area contributed by atoms with E-state index in [0.29, 0.717) is 0 Å². The van der Waals surface area contributed by atoms with Gasteiger partial charge in [-0.2, -0.15) is 8.42 Å². The van der Waals surface area contributed by atoms with E-state index in [9.17, 15) is 12.3 Å². The van der Waals surface area contributed by atoms with E-state index in [1.165, 1.54) is 0 Å². The van der Waals surface area contributed by atoms with Crippen molar-refractivity contribution < 1.29 is 12.3 Å². The van der Waals surface area contributed by atoms with Crippen molar-refractivity contribution >= 4 is 10.2 Å². The Bertz CT molecular complexity index is 243. The second kappa shape index (κ2) is 2.42. The maximum absolute atomic E-state index is 12.2. The van der Waals surface area contributed by atoms with Gasteiger partial charge in [-0.25, -0.2) is 0 Å². The third-order valence-electron chi connectivity index (χ3n) is 2.22. The molecule has 1 aliphatic rings. The van der Waals surface area contributed by atoms with Crippen LogP contribution in [-0.4, -0.2) is 38.7 Å². The predicted molar refractivity (Wildman–Crippen MR) is 40.5 cm³/mol. The van der Waals surface area contributed by atoms with Crippen LogP contribution in [0.25, 0.3) is 0 Å². The molecule has 1 rings (SSSR count). The highest BCUT2D eigenvalue weighted by molar-refractivity contribution is 7.86. The van der Waals surface area contributed by atoms with Crippen molar-refractivity contribution in [3.8, 4) is 0 Å². The Morgan fingerprint density at radius 1 is 1.45 bits per heavy atom. The Hall–Kier alpha value is -0.160. The Kier molecular flexibility index (Phi) is 1.96. The topological polar surface area (TPSA) is 37.4 Å². The number of rotatable bonds is 3. The average molecular weight is 181 g/mol. The zero-order chi connectivity index (χ0) is 8.70. The van der Waals surface area contributed by atoms with Gasteiger partial charge in [0.2, 0.25) is 0 Å². The molecule has 0 aromatic heterocycles. The van der Waals surface area contributed by atoms with Gasteiger partial charge >= 0.3 is 10.2 Å². The summed E-state index contributed by atoms with van der Waals surface area (Å²) in [6.07, 6.45) is 1.56. The summed E-state index contributed by atoms with van der Waals surface area (Å²) in [6.45, 7) is 0. The first-order valence-electron chi connectivity index (χ1n) is 3.46. The van der Waals surface area contributed by atoms with Gasteiger partial charge in [-0.3, -0.25) is 0 Å². The quantitative estimate of drug-likeness (QED) is 0.591. The number of hydrogen-bond acceptors (Lipinski definition) is 3. The molecule has 3 nitrogen and oxygen atoms in total. The molecular weight excluding hydrogens is 169 g/mol. The van der Waals surface area contributed by atoms with Gasteiger partial charge in [0, 0.05) is 5.54 Å². The van der Waals surface area contributed by atoms with Gasteiger partial charge in [0.1, 0.15) is 0 Å². The summed E-state index contributed by atoms with van der Waals surface area (Å²) in [5.74, 6) is -0.354. The molecule has 1 aliphatic carbocycles. The van der Waals surface area contributed by atoms with Crippen molar-refractivity contribution in [2.75, 3.05) is 19.8 Å². The van der Waals surface area contributed by atoms with Gasteiger partial charge in [0.05, 0.1) is 5.75 Å². The summed E-state index contributed by atoms with van der Waals surface area (Å²) >= 11 is 0. The highest BCUT2D eigenvalue weighted by Crippen LogP contribution is 2.41. The Morgan fingerprint density at radius 3 is 2.00 bits per heavy atom. The van der Waals surface area contributed by atoms with E-state index in [0.717, 1.165) is 12.8 Å². The van der Waals surface area contributed by atoms with Crippen LogP contribution in [0.5, 0.6) is 0 Å². The molecule has 0 aromatic carbocycles. The Balaban J connectivity index is 2.63. The van der Waals surface area contributed by atoms with Gasteiger partial charge in [0.25, 0.3) is 0 Å². The molecule has 0 heterocycles. The molecule has 1 fully saturated rings. The lowest BCUT2D eigenvalue weighted by molar-refractivity contribution is 0.293. The third kappa shape index (κ3) is 2.13. The summed E-state index contributed by atoms with van der Waals surface area (Å²) in [5, 5.41) is 0. The van der Waals surface area contributed by atoms with E-state index >= 15 is 0 Å². The molecule has 0 amide bonds. The molecular formula is C6H12FNO2S. The second-order valence-electron chi connectivity index (χ2n) is 3.30. The molecule has 0 unspecified atom stereocenters. The van der Waals surface area contributed by atoms with Crippen molar-refractivity contribution in [3.63, 3.8) is 0 Å². The maximum Gasteiger partial charge on any atom is 0.304 e. The maximum atomic E-state index is 12.2. The van der Waals surface area contributed by atoms with Crippen LogP contribution in [0.15, 0.2) is 0 Å². The van der Waals surface area contributed by atoms with E-state index in [1.54, 1.807) is 19.0 Å². The highest BCUT2D eigenvalue weighted by atomic mass is 32.3. The van der Waals surface area contributed by atoms with Gasteiger partial charge < -0.3 is 4.90 Å². The van der Waals surface area contributed by atoms with Gasteiger partial charge in [0.15, 0.2) is 0 Å². The molecule has 0 N–H and O–H groups in total. The van der Waals surface area contributed by atoms with E-state index < -0.39 is 15.8 Å². The van der Waals surface area contributed by atoms with E-state index in [4.69, 9.17) is 0 Å². The van der Waals surface area contributed by atoms with Crippen LogP contribution in [-0.2, 0) is 10.2 Å². The number of nitrogens with zero attached hydrogens (tertiary/aromatic N) is 1. The van der Waals surface area contributed by atoms with Crippen molar-refractivity contribution in [1.82, 2.24) is 4.90 Å². The fourth-order valence-corrected chi connectivity index (χ4v) is 2.37. The van der Waals surface area contributed by atoms with Crippen LogP contribution in [0.3, 0.4) is 0 Å².